The SMILES string of the molecule is CC(C)[C@H](C1CC(C2CCN([Si](c3ccccc3)(c3ccccc3)C(C)(C)C)CC2)C1)N1CC2(CCN(c3ncnnc3Oc3ccc(F)cc3-c3cncnc3C3CC3)C2)C1. The Bertz CT molecular complexity index is 2300. The maximum Gasteiger partial charge on any atom is 0.282 e. The van der Waals surface area contributed by atoms with E-state index in [-0.39, 0.29) is 16.3 Å². The van der Waals surface area contributed by atoms with Crippen molar-refractivity contribution < 1.29 is 9.13 Å². The summed E-state index contributed by atoms with van der Waals surface area (Å²) in [5.74, 6) is 4.64. The maximum atomic E-state index is 14.7. The molecule has 5 aromatic rings. The molecule has 9 nitrogen and oxygen atoms in total. The van der Waals surface area contributed by atoms with Crippen LogP contribution in [0.5, 0.6) is 11.6 Å². The van der Waals surface area contributed by atoms with Gasteiger partial charge in [0.05, 0.1) is 5.69 Å². The first-order chi connectivity index (χ1) is 30.0. The lowest BCUT2D eigenvalue weighted by atomic mass is 9.61. The van der Waals surface area contributed by atoms with Gasteiger partial charge in [-0.2, -0.15) is 0 Å². The van der Waals surface area contributed by atoms with Gasteiger partial charge in [0.15, 0.2) is 14.1 Å². The summed E-state index contributed by atoms with van der Waals surface area (Å²) in [6, 6.07) is 28.2. The van der Waals surface area contributed by atoms with Crippen molar-refractivity contribution in [3.63, 3.8) is 0 Å². The molecular weight excluding hydrogens is 788 g/mol. The second-order valence-electron chi connectivity index (χ2n) is 20.7. The molecule has 3 saturated heterocycles. The van der Waals surface area contributed by atoms with Crippen LogP contribution in [0.15, 0.2) is 97.7 Å². The number of anilines is 1. The Labute approximate surface area is 368 Å². The molecule has 324 valence electrons. The summed E-state index contributed by atoms with van der Waals surface area (Å²) >= 11 is 0. The standard InChI is InChI=1S/C51H63FN8OSi/c1-35(2)47(39-26-38(27-39)36-20-23-60(24-21-36)62(50(3,4)5,41-12-8-6-9-13-41)42-14-10-7-11-15-42)59-31-51(32-59)22-25-58(30-51)48-49(57-56-34-55-48)61-45-19-18-40(52)28-43(45)44-29-53-33-54-46(44)37-16-17-37/h6-15,18-19,28-29,33-39,47H,16-17,20-27,30-32H2,1-5H3/t38?,39?,47-/m1/s1. The molecular formula is C51H63FN8OSi. The van der Waals surface area contributed by atoms with Gasteiger partial charge in [-0.3, -0.25) is 4.90 Å². The summed E-state index contributed by atoms with van der Waals surface area (Å²) < 4.78 is 24.2. The average molecular weight is 851 g/mol. The lowest BCUT2D eigenvalue weighted by Gasteiger charge is -2.58. The molecule has 0 radical (unpaired) electrons. The second-order valence-corrected chi connectivity index (χ2v) is 25.5. The topological polar surface area (TPSA) is 83.4 Å². The van der Waals surface area contributed by atoms with Crippen LogP contribution in [0.4, 0.5) is 10.2 Å². The molecule has 10 rings (SSSR count). The smallest absolute Gasteiger partial charge is 0.282 e. The minimum Gasteiger partial charge on any atom is -0.434 e. The molecule has 2 aromatic heterocycles. The molecule has 5 aliphatic rings. The number of piperidine rings is 1. The largest absolute Gasteiger partial charge is 0.434 e. The van der Waals surface area contributed by atoms with Crippen LogP contribution < -0.4 is 20.0 Å². The van der Waals surface area contributed by atoms with Crippen LogP contribution in [-0.4, -0.2) is 88.2 Å². The Balaban J connectivity index is 0.777. The van der Waals surface area contributed by atoms with Crippen LogP contribution in [0.2, 0.25) is 5.04 Å². The Morgan fingerprint density at radius 3 is 2.13 bits per heavy atom. The number of benzene rings is 3. The van der Waals surface area contributed by atoms with E-state index < -0.39 is 8.24 Å². The van der Waals surface area contributed by atoms with Gasteiger partial charge >= 0.3 is 0 Å². The van der Waals surface area contributed by atoms with Gasteiger partial charge in [-0.25, -0.2) is 19.3 Å². The molecule has 2 saturated carbocycles. The third-order valence-corrected chi connectivity index (χ3v) is 21.4. The fourth-order valence-electron chi connectivity index (χ4n) is 12.7. The Morgan fingerprint density at radius 2 is 1.48 bits per heavy atom. The van der Waals surface area contributed by atoms with Gasteiger partial charge < -0.3 is 14.2 Å². The number of aromatic nitrogens is 5. The third kappa shape index (κ3) is 7.55. The van der Waals surface area contributed by atoms with Gasteiger partial charge in [-0.15, -0.1) is 10.2 Å². The first-order valence-corrected chi connectivity index (χ1v) is 25.3. The summed E-state index contributed by atoms with van der Waals surface area (Å²) in [5.41, 5.74) is 2.59. The van der Waals surface area contributed by atoms with Crippen LogP contribution >= 0.6 is 0 Å². The van der Waals surface area contributed by atoms with Crippen molar-refractivity contribution in [1.82, 2.24) is 34.6 Å². The van der Waals surface area contributed by atoms with Gasteiger partial charge in [-0.05, 0) is 115 Å². The van der Waals surface area contributed by atoms with Crippen LogP contribution in [0.25, 0.3) is 11.1 Å². The van der Waals surface area contributed by atoms with Crippen LogP contribution in [0, 0.1) is 34.9 Å². The van der Waals surface area contributed by atoms with Crippen LogP contribution in [0.3, 0.4) is 0 Å². The van der Waals surface area contributed by atoms with Crippen molar-refractivity contribution in [2.24, 2.45) is 29.1 Å². The van der Waals surface area contributed by atoms with Crippen molar-refractivity contribution in [2.75, 3.05) is 44.2 Å². The van der Waals surface area contributed by atoms with E-state index in [1.807, 2.05) is 0 Å². The minimum atomic E-state index is -2.26. The highest BCUT2D eigenvalue weighted by atomic mass is 28.3. The molecule has 62 heavy (non-hydrogen) atoms. The van der Waals surface area contributed by atoms with Crippen molar-refractivity contribution in [3.8, 4) is 22.8 Å². The van der Waals surface area contributed by atoms with Crippen LogP contribution in [-0.2, 0) is 0 Å². The number of hydrogen-bond donors (Lipinski definition) is 0. The van der Waals surface area contributed by atoms with Gasteiger partial charge in [0, 0.05) is 60.9 Å². The zero-order chi connectivity index (χ0) is 42.6. The number of halogens is 1. The highest BCUT2D eigenvalue weighted by Crippen LogP contribution is 2.52. The van der Waals surface area contributed by atoms with Gasteiger partial charge in [0.2, 0.25) is 0 Å². The summed E-state index contributed by atoms with van der Waals surface area (Å²) in [6.45, 7) is 18.8. The van der Waals surface area contributed by atoms with Crippen molar-refractivity contribution >= 4 is 24.4 Å². The summed E-state index contributed by atoms with van der Waals surface area (Å²) in [5, 5.41) is 11.8. The average Bonchev–Trinajstić information content (AvgIpc) is 4.01. The number of rotatable bonds is 12. The van der Waals surface area contributed by atoms with E-state index in [2.05, 4.69) is 130 Å². The van der Waals surface area contributed by atoms with Crippen molar-refractivity contribution in [3.05, 3.63) is 109 Å². The van der Waals surface area contributed by atoms with Gasteiger partial charge in [-0.1, -0.05) is 95.3 Å². The first-order valence-electron chi connectivity index (χ1n) is 23.3. The number of likely N-dealkylation sites (tertiary alicyclic amines) is 1. The molecule has 3 aliphatic heterocycles. The van der Waals surface area contributed by atoms with E-state index in [0.29, 0.717) is 40.9 Å². The number of nitrogens with zero attached hydrogens (tertiary/aromatic N) is 8. The molecule has 0 unspecified atom stereocenters. The molecule has 5 fully saturated rings. The fourth-order valence-corrected chi connectivity index (χ4v) is 18.7. The van der Waals surface area contributed by atoms with Gasteiger partial charge in [0.1, 0.15) is 24.2 Å². The Hall–Kier alpha value is -4.58. The monoisotopic (exact) mass is 850 g/mol. The lowest BCUT2D eigenvalue weighted by Crippen LogP contribution is -2.75. The normalized spacial score (nSPS) is 22.7. The Morgan fingerprint density at radius 1 is 0.790 bits per heavy atom. The highest BCUT2D eigenvalue weighted by Gasteiger charge is 2.56. The molecule has 11 heteroatoms. The van der Waals surface area contributed by atoms with E-state index in [0.717, 1.165) is 74.5 Å². The van der Waals surface area contributed by atoms with E-state index >= 15 is 0 Å². The van der Waals surface area contributed by atoms with Crippen molar-refractivity contribution in [2.45, 2.75) is 96.6 Å². The highest BCUT2D eigenvalue weighted by molar-refractivity contribution is 7.02. The number of hydrogen-bond acceptors (Lipinski definition) is 9. The molecule has 1 atom stereocenters. The van der Waals surface area contributed by atoms with Crippen molar-refractivity contribution in [1.29, 1.82) is 0 Å². The lowest BCUT2D eigenvalue weighted by molar-refractivity contribution is -0.0816. The molecule has 5 heterocycles. The summed E-state index contributed by atoms with van der Waals surface area (Å²) in [7, 11) is -2.26. The predicted octanol–water partition coefficient (Wildman–Crippen LogP) is 8.97. The third-order valence-electron chi connectivity index (χ3n) is 15.5. The molecule has 0 N–H and O–H groups in total. The summed E-state index contributed by atoms with van der Waals surface area (Å²) in [4.78, 5) is 18.7. The van der Waals surface area contributed by atoms with Crippen LogP contribution in [0.1, 0.15) is 91.2 Å². The van der Waals surface area contributed by atoms with E-state index in [4.69, 9.17) is 9.72 Å². The van der Waals surface area contributed by atoms with E-state index in [9.17, 15) is 4.39 Å². The zero-order valence-corrected chi connectivity index (χ0v) is 38.3. The fraction of sp³-hybridized carbons (Fsp3) is 0.510. The maximum absolute atomic E-state index is 14.7. The molecule has 2 aliphatic carbocycles. The predicted molar refractivity (Wildman–Crippen MR) is 247 cm³/mol. The quantitative estimate of drug-likeness (QED) is 0.114. The molecule has 1 spiro atoms. The molecule has 0 bridgehead atoms. The van der Waals surface area contributed by atoms with E-state index in [1.54, 1.807) is 29.0 Å². The molecule has 0 amide bonds. The zero-order valence-electron chi connectivity index (χ0n) is 37.3. The molecule has 3 aromatic carbocycles. The summed E-state index contributed by atoms with van der Waals surface area (Å²) in [6.07, 6.45) is 13.5. The van der Waals surface area contributed by atoms with Gasteiger partial charge in [0.25, 0.3) is 5.88 Å². The Kier molecular flexibility index (Phi) is 11.0. The minimum absolute atomic E-state index is 0.147. The van der Waals surface area contributed by atoms with E-state index in [1.165, 1.54) is 57.2 Å². The number of ether oxygens (including phenoxy) is 1. The first kappa shape index (κ1) is 41.4. The second kappa shape index (κ2) is 16.5.